The second-order valence-electron chi connectivity index (χ2n) is 5.99. The molecular weight excluding hydrogens is 352 g/mol. The van der Waals surface area contributed by atoms with Crippen molar-refractivity contribution in [2.24, 2.45) is 0 Å². The fraction of sp³-hybridized carbons (Fsp3) is 0.500. The van der Waals surface area contributed by atoms with Crippen molar-refractivity contribution in [2.45, 2.75) is 25.8 Å². The zero-order chi connectivity index (χ0) is 18.8. The van der Waals surface area contributed by atoms with Crippen LogP contribution in [0.1, 0.15) is 19.8 Å². The molecule has 0 radical (unpaired) electrons. The SMILES string of the molecule is COc1cc2c(cc1OC)=C1CCC[NH+](C)N1C(C)C=2.[O-][Cl+3]([O-])([O-])[O-]. The highest BCUT2D eigenvalue weighted by Gasteiger charge is 2.30. The van der Waals surface area contributed by atoms with Crippen LogP contribution in [0.25, 0.3) is 11.8 Å². The van der Waals surface area contributed by atoms with Gasteiger partial charge >= 0.3 is 0 Å². The summed E-state index contributed by atoms with van der Waals surface area (Å²) in [6.45, 7) is 3.46. The zero-order valence-corrected chi connectivity index (χ0v) is 15.5. The van der Waals surface area contributed by atoms with Gasteiger partial charge in [0, 0.05) is 11.6 Å². The first kappa shape index (κ1) is 19.8. The van der Waals surface area contributed by atoms with Gasteiger partial charge in [-0.25, -0.2) is 28.7 Å². The topological polar surface area (TPSA) is 118 Å². The highest BCUT2D eigenvalue weighted by molar-refractivity contribution is 5.55. The van der Waals surface area contributed by atoms with Crippen molar-refractivity contribution in [3.63, 3.8) is 0 Å². The number of nitrogens with one attached hydrogen (secondary N) is 1. The van der Waals surface area contributed by atoms with E-state index in [1.165, 1.54) is 34.1 Å². The Morgan fingerprint density at radius 3 is 2.24 bits per heavy atom. The van der Waals surface area contributed by atoms with Gasteiger partial charge in [0.1, 0.15) is 0 Å². The van der Waals surface area contributed by atoms with Gasteiger partial charge in [0.15, 0.2) is 11.5 Å². The van der Waals surface area contributed by atoms with Gasteiger partial charge in [0.2, 0.25) is 0 Å². The summed E-state index contributed by atoms with van der Waals surface area (Å²) in [6.07, 6.45) is 4.69. The van der Waals surface area contributed by atoms with Crippen molar-refractivity contribution in [1.82, 2.24) is 5.01 Å². The minimum Gasteiger partial charge on any atom is -0.493 e. The van der Waals surface area contributed by atoms with Gasteiger partial charge in [-0.1, -0.05) is 0 Å². The Bertz CT molecular complexity index is 727. The van der Waals surface area contributed by atoms with Crippen LogP contribution >= 0.6 is 0 Å². The van der Waals surface area contributed by atoms with Crippen molar-refractivity contribution in [3.8, 4) is 11.5 Å². The monoisotopic (exact) mass is 374 g/mol. The molecule has 1 aromatic rings. The Balaban J connectivity index is 0.000000399. The Morgan fingerprint density at radius 1 is 1.12 bits per heavy atom. The van der Waals surface area contributed by atoms with Crippen molar-refractivity contribution in [1.29, 1.82) is 0 Å². The van der Waals surface area contributed by atoms with E-state index in [1.54, 1.807) is 14.2 Å². The van der Waals surface area contributed by atoms with Gasteiger partial charge in [-0.2, -0.15) is 0 Å². The molecule has 0 aliphatic carbocycles. The van der Waals surface area contributed by atoms with Gasteiger partial charge in [0.05, 0.1) is 39.6 Å². The molecule has 140 valence electrons. The minimum absolute atomic E-state index is 0.413. The first-order valence-corrected chi connectivity index (χ1v) is 9.09. The molecule has 0 amide bonds. The summed E-state index contributed by atoms with van der Waals surface area (Å²) in [5.41, 5.74) is 1.43. The number of quaternary nitrogens is 1. The van der Waals surface area contributed by atoms with E-state index in [4.69, 9.17) is 28.1 Å². The standard InChI is InChI=1S/C16H22N2O2.ClHO4/c1-11-8-12-9-15(19-3)16(20-4)10-13(12)14-6-5-7-17(2)18(11)14;2-1(3,4)5/h8-11H,5-7H2,1-4H3;(H,2,3,4,5). The number of benzene rings is 1. The summed E-state index contributed by atoms with van der Waals surface area (Å²) in [7, 11) is 0.684. The van der Waals surface area contributed by atoms with Gasteiger partial charge in [-0.15, -0.1) is 10.2 Å². The second-order valence-corrected chi connectivity index (χ2v) is 6.74. The lowest BCUT2D eigenvalue weighted by Gasteiger charge is -2.40. The summed E-state index contributed by atoms with van der Waals surface area (Å²) in [6, 6.07) is 4.63. The molecule has 2 aliphatic rings. The number of rotatable bonds is 2. The molecule has 2 heterocycles. The lowest BCUT2D eigenvalue weighted by molar-refractivity contribution is -2.00. The molecule has 0 bridgehead atoms. The third kappa shape index (κ3) is 4.75. The number of fused-ring (bicyclic) bond motifs is 2. The van der Waals surface area contributed by atoms with E-state index in [1.807, 2.05) is 0 Å². The molecule has 8 nitrogen and oxygen atoms in total. The van der Waals surface area contributed by atoms with Gasteiger partial charge in [-0.3, -0.25) is 0 Å². The molecule has 2 atom stereocenters. The molecule has 0 spiro atoms. The summed E-state index contributed by atoms with van der Waals surface area (Å²) in [5.74, 6) is 1.62. The number of hydrogen-bond acceptors (Lipinski definition) is 7. The fourth-order valence-corrected chi connectivity index (χ4v) is 3.46. The third-order valence-electron chi connectivity index (χ3n) is 4.35. The third-order valence-corrected chi connectivity index (χ3v) is 4.35. The van der Waals surface area contributed by atoms with Crippen LogP contribution in [0.3, 0.4) is 0 Å². The van der Waals surface area contributed by atoms with Crippen molar-refractivity contribution in [3.05, 3.63) is 22.6 Å². The number of ether oxygens (including phenoxy) is 2. The molecule has 1 N–H and O–H groups in total. The van der Waals surface area contributed by atoms with Crippen LogP contribution in [0.4, 0.5) is 0 Å². The lowest BCUT2D eigenvalue weighted by atomic mass is 10.0. The smallest absolute Gasteiger partial charge is 0.161 e. The maximum absolute atomic E-state index is 8.49. The maximum Gasteiger partial charge on any atom is 0.161 e. The molecule has 2 aliphatic heterocycles. The van der Waals surface area contributed by atoms with Crippen LogP contribution in [0.2, 0.25) is 0 Å². The quantitative estimate of drug-likeness (QED) is 0.549. The average Bonchev–Trinajstić information content (AvgIpc) is 2.52. The Kier molecular flexibility index (Phi) is 6.15. The molecule has 1 saturated heterocycles. The molecule has 2 unspecified atom stereocenters. The molecule has 1 fully saturated rings. The summed E-state index contributed by atoms with van der Waals surface area (Å²) < 4.78 is 44.9. The van der Waals surface area contributed by atoms with Crippen molar-refractivity contribution < 1.29 is 43.4 Å². The van der Waals surface area contributed by atoms with Crippen molar-refractivity contribution >= 4 is 11.8 Å². The Labute approximate surface area is 148 Å². The first-order valence-electron chi connectivity index (χ1n) is 7.86. The van der Waals surface area contributed by atoms with E-state index in [2.05, 4.69) is 37.2 Å². The molecule has 25 heavy (non-hydrogen) atoms. The van der Waals surface area contributed by atoms with Crippen LogP contribution in [0.15, 0.2) is 12.1 Å². The molecule has 1 aromatic carbocycles. The van der Waals surface area contributed by atoms with Crippen LogP contribution < -0.4 is 43.6 Å². The maximum atomic E-state index is 8.49. The minimum atomic E-state index is -4.94. The number of methoxy groups -OCH3 is 2. The first-order chi connectivity index (χ1) is 11.7. The van der Waals surface area contributed by atoms with Crippen LogP contribution in [0.5, 0.6) is 11.5 Å². The van der Waals surface area contributed by atoms with Gasteiger partial charge in [0.25, 0.3) is 0 Å². The number of halogens is 1. The normalized spacial score (nSPS) is 22.1. The predicted octanol–water partition coefficient (Wildman–Crippen LogP) is -5.24. The molecule has 9 heteroatoms. The number of nitrogens with zero attached hydrogens (tertiary/aromatic N) is 1. The second kappa shape index (κ2) is 7.77. The van der Waals surface area contributed by atoms with Gasteiger partial charge < -0.3 is 9.47 Å². The molecular formula is C16H23ClN2O6. The summed E-state index contributed by atoms with van der Waals surface area (Å²) >= 11 is 0. The van der Waals surface area contributed by atoms with Crippen molar-refractivity contribution in [2.75, 3.05) is 27.8 Å². The Morgan fingerprint density at radius 2 is 1.68 bits per heavy atom. The van der Waals surface area contributed by atoms with Crippen LogP contribution in [-0.2, 0) is 0 Å². The molecule has 0 aromatic heterocycles. The summed E-state index contributed by atoms with van der Waals surface area (Å²) in [5, 5.41) is 6.50. The highest BCUT2D eigenvalue weighted by Crippen LogP contribution is 2.24. The molecule has 3 rings (SSSR count). The van der Waals surface area contributed by atoms with Crippen LogP contribution in [-0.4, -0.2) is 38.9 Å². The van der Waals surface area contributed by atoms with Gasteiger partial charge in [-0.05, 0) is 36.8 Å². The average molecular weight is 375 g/mol. The molecule has 0 saturated carbocycles. The van der Waals surface area contributed by atoms with E-state index in [9.17, 15) is 0 Å². The predicted molar refractivity (Wildman–Crippen MR) is 79.0 cm³/mol. The highest BCUT2D eigenvalue weighted by atomic mass is 35.7. The van der Waals surface area contributed by atoms with E-state index < -0.39 is 10.2 Å². The largest absolute Gasteiger partial charge is 0.493 e. The van der Waals surface area contributed by atoms with E-state index in [0.29, 0.717) is 6.04 Å². The number of hydrogen-bond donors (Lipinski definition) is 1. The van der Waals surface area contributed by atoms with E-state index in [0.717, 1.165) is 17.9 Å². The lowest BCUT2D eigenvalue weighted by Crippen LogP contribution is -3.17. The Hall–Kier alpha value is -1.55. The fourth-order valence-electron chi connectivity index (χ4n) is 3.46. The zero-order valence-electron chi connectivity index (χ0n) is 14.7. The summed E-state index contributed by atoms with van der Waals surface area (Å²) in [4.78, 5) is 0. The van der Waals surface area contributed by atoms with E-state index >= 15 is 0 Å². The van der Waals surface area contributed by atoms with Crippen LogP contribution in [0, 0.1) is 10.2 Å². The van der Waals surface area contributed by atoms with E-state index in [-0.39, 0.29) is 0 Å².